The van der Waals surface area contributed by atoms with E-state index in [1.54, 1.807) is 0 Å². The van der Waals surface area contributed by atoms with Crippen LogP contribution in [0.25, 0.3) is 0 Å². The van der Waals surface area contributed by atoms with Crippen molar-refractivity contribution in [2.24, 2.45) is 5.41 Å². The van der Waals surface area contributed by atoms with Gasteiger partial charge in [-0.3, -0.25) is 9.59 Å². The van der Waals surface area contributed by atoms with Crippen LogP contribution in [-0.2, 0) is 20.7 Å². The van der Waals surface area contributed by atoms with Crippen molar-refractivity contribution in [3.05, 3.63) is 48.6 Å². The molecule has 114 valence electrons. The fraction of sp³-hybridized carbons (Fsp3) is 0.444. The van der Waals surface area contributed by atoms with Crippen molar-refractivity contribution in [1.29, 1.82) is 0 Å². The Morgan fingerprint density at radius 2 is 1.90 bits per heavy atom. The summed E-state index contributed by atoms with van der Waals surface area (Å²) in [6.07, 6.45) is 2.84. The third-order valence-electron chi connectivity index (χ3n) is 4.01. The summed E-state index contributed by atoms with van der Waals surface area (Å²) in [4.78, 5) is 23.6. The molecule has 1 aromatic carbocycles. The summed E-state index contributed by atoms with van der Waals surface area (Å²) in [6.45, 7) is 8.04. The number of Topliss-reactive ketones (excluding diaryl/α,β-unsaturated/α-hetero) is 1. The minimum absolute atomic E-state index is 0.179. The Balaban J connectivity index is 0.00000106. The van der Waals surface area contributed by atoms with Gasteiger partial charge in [0, 0.05) is 12.8 Å². The van der Waals surface area contributed by atoms with Crippen molar-refractivity contribution in [3.63, 3.8) is 0 Å². The molecular weight excluding hydrogens is 264 g/mol. The van der Waals surface area contributed by atoms with E-state index >= 15 is 0 Å². The first-order chi connectivity index (χ1) is 10.1. The average molecular weight is 288 g/mol. The van der Waals surface area contributed by atoms with Crippen LogP contribution in [0.2, 0.25) is 0 Å². The van der Waals surface area contributed by atoms with Crippen molar-refractivity contribution in [1.82, 2.24) is 0 Å². The SMILES string of the molecule is C=C.COC(=O)C1(Cc2cccc(C)c2)CCC(=O)CC1. The molecule has 0 amide bonds. The largest absolute Gasteiger partial charge is 0.469 e. The van der Waals surface area contributed by atoms with Crippen molar-refractivity contribution in [3.8, 4) is 0 Å². The highest BCUT2D eigenvalue weighted by Gasteiger charge is 2.42. The quantitative estimate of drug-likeness (QED) is 0.630. The van der Waals surface area contributed by atoms with Crippen LogP contribution in [-0.4, -0.2) is 18.9 Å². The van der Waals surface area contributed by atoms with E-state index in [2.05, 4.69) is 19.2 Å². The molecule has 1 aliphatic rings. The zero-order chi connectivity index (χ0) is 15.9. The van der Waals surface area contributed by atoms with E-state index in [-0.39, 0.29) is 11.8 Å². The molecule has 3 nitrogen and oxygen atoms in total. The molecule has 0 aliphatic heterocycles. The molecule has 0 heterocycles. The first kappa shape index (κ1) is 17.2. The molecule has 2 rings (SSSR count). The van der Waals surface area contributed by atoms with Crippen molar-refractivity contribution in [2.75, 3.05) is 7.11 Å². The van der Waals surface area contributed by atoms with Crippen LogP contribution < -0.4 is 0 Å². The first-order valence-corrected chi connectivity index (χ1v) is 7.21. The van der Waals surface area contributed by atoms with E-state index in [1.165, 1.54) is 12.7 Å². The summed E-state index contributed by atoms with van der Waals surface area (Å²) < 4.78 is 4.98. The molecule has 0 bridgehead atoms. The number of hydrogen-bond acceptors (Lipinski definition) is 3. The molecule has 0 atom stereocenters. The molecule has 0 spiro atoms. The van der Waals surface area contributed by atoms with Crippen molar-refractivity contribution >= 4 is 11.8 Å². The molecule has 1 saturated carbocycles. The topological polar surface area (TPSA) is 43.4 Å². The van der Waals surface area contributed by atoms with Crippen LogP contribution in [0.3, 0.4) is 0 Å². The lowest BCUT2D eigenvalue weighted by molar-refractivity contribution is -0.155. The lowest BCUT2D eigenvalue weighted by atomic mass is 9.70. The number of aryl methyl sites for hydroxylation is 1. The van der Waals surface area contributed by atoms with Crippen LogP contribution in [0, 0.1) is 12.3 Å². The Kier molecular flexibility index (Phi) is 6.35. The van der Waals surface area contributed by atoms with Crippen LogP contribution in [0.15, 0.2) is 37.4 Å². The number of hydrogen-bond donors (Lipinski definition) is 0. The summed E-state index contributed by atoms with van der Waals surface area (Å²) in [5, 5.41) is 0. The molecule has 1 aliphatic carbocycles. The third kappa shape index (κ3) is 4.28. The molecule has 0 radical (unpaired) electrons. The van der Waals surface area contributed by atoms with E-state index in [1.807, 2.05) is 25.1 Å². The average Bonchev–Trinajstić information content (AvgIpc) is 2.51. The van der Waals surface area contributed by atoms with Gasteiger partial charge in [-0.05, 0) is 31.7 Å². The summed E-state index contributed by atoms with van der Waals surface area (Å²) in [6, 6.07) is 8.18. The molecular formula is C18H24O3. The van der Waals surface area contributed by atoms with Gasteiger partial charge in [-0.1, -0.05) is 29.8 Å². The lowest BCUT2D eigenvalue weighted by Crippen LogP contribution is -2.38. The standard InChI is InChI=1S/C16H20O3.C2H4/c1-12-4-3-5-13(10-12)11-16(15(18)19-2)8-6-14(17)7-9-16;1-2/h3-5,10H,6-9,11H2,1-2H3;1-2H2. The molecule has 1 aromatic rings. The second-order valence-electron chi connectivity index (χ2n) is 5.48. The van der Waals surface area contributed by atoms with E-state index in [4.69, 9.17) is 4.74 Å². The number of ketones is 1. The maximum atomic E-state index is 12.2. The van der Waals surface area contributed by atoms with Gasteiger partial charge in [-0.15, -0.1) is 13.2 Å². The maximum absolute atomic E-state index is 12.2. The molecule has 0 aromatic heterocycles. The van der Waals surface area contributed by atoms with Crippen molar-refractivity contribution < 1.29 is 14.3 Å². The fourth-order valence-corrected chi connectivity index (χ4v) is 2.89. The predicted octanol–water partition coefficient (Wildman–Crippen LogP) is 3.64. The monoisotopic (exact) mass is 288 g/mol. The van der Waals surface area contributed by atoms with E-state index in [0.717, 1.165) is 5.56 Å². The van der Waals surface area contributed by atoms with Gasteiger partial charge in [-0.2, -0.15) is 0 Å². The molecule has 0 unspecified atom stereocenters. The zero-order valence-corrected chi connectivity index (χ0v) is 13.0. The number of rotatable bonds is 3. The van der Waals surface area contributed by atoms with E-state index in [9.17, 15) is 9.59 Å². The number of carbonyl (C=O) groups excluding carboxylic acids is 2. The number of ether oxygens (including phenoxy) is 1. The Morgan fingerprint density at radius 1 is 1.29 bits per heavy atom. The molecule has 0 N–H and O–H groups in total. The Bertz CT molecular complexity index is 495. The highest BCUT2D eigenvalue weighted by atomic mass is 16.5. The van der Waals surface area contributed by atoms with Crippen LogP contribution in [0.5, 0.6) is 0 Å². The highest BCUT2D eigenvalue weighted by molar-refractivity contribution is 5.84. The fourth-order valence-electron chi connectivity index (χ4n) is 2.89. The zero-order valence-electron chi connectivity index (χ0n) is 13.0. The number of methoxy groups -OCH3 is 1. The number of benzene rings is 1. The summed E-state index contributed by atoms with van der Waals surface area (Å²) in [7, 11) is 1.43. The van der Waals surface area contributed by atoms with Crippen molar-refractivity contribution in [2.45, 2.75) is 39.0 Å². The minimum atomic E-state index is -0.517. The summed E-state index contributed by atoms with van der Waals surface area (Å²) in [5.41, 5.74) is 1.81. The van der Waals surface area contributed by atoms with Gasteiger partial charge in [-0.25, -0.2) is 0 Å². The van der Waals surface area contributed by atoms with Gasteiger partial charge in [0.05, 0.1) is 12.5 Å². The highest BCUT2D eigenvalue weighted by Crippen LogP contribution is 2.39. The van der Waals surface area contributed by atoms with Gasteiger partial charge in [0.15, 0.2) is 0 Å². The molecule has 1 fully saturated rings. The number of carbonyl (C=O) groups is 2. The van der Waals surface area contributed by atoms with E-state index in [0.29, 0.717) is 32.1 Å². The first-order valence-electron chi connectivity index (χ1n) is 7.21. The second-order valence-corrected chi connectivity index (χ2v) is 5.48. The molecule has 21 heavy (non-hydrogen) atoms. The lowest BCUT2D eigenvalue weighted by Gasteiger charge is -2.34. The third-order valence-corrected chi connectivity index (χ3v) is 4.01. The number of esters is 1. The van der Waals surface area contributed by atoms with Gasteiger partial charge in [0.25, 0.3) is 0 Å². The van der Waals surface area contributed by atoms with Gasteiger partial charge in [0.1, 0.15) is 5.78 Å². The summed E-state index contributed by atoms with van der Waals surface area (Å²) in [5.74, 6) is 0.0743. The summed E-state index contributed by atoms with van der Waals surface area (Å²) >= 11 is 0. The molecule has 0 saturated heterocycles. The minimum Gasteiger partial charge on any atom is -0.469 e. The maximum Gasteiger partial charge on any atom is 0.312 e. The van der Waals surface area contributed by atoms with Crippen LogP contribution in [0.1, 0.15) is 36.8 Å². The van der Waals surface area contributed by atoms with Crippen LogP contribution in [0.4, 0.5) is 0 Å². The van der Waals surface area contributed by atoms with Gasteiger partial charge >= 0.3 is 5.97 Å². The normalized spacial score (nSPS) is 16.6. The Labute approximate surface area is 127 Å². The second kappa shape index (κ2) is 7.77. The Morgan fingerprint density at radius 3 is 2.43 bits per heavy atom. The Hall–Kier alpha value is -1.90. The molecule has 3 heteroatoms. The predicted molar refractivity (Wildman–Crippen MR) is 84.1 cm³/mol. The van der Waals surface area contributed by atoms with Gasteiger partial charge in [0.2, 0.25) is 0 Å². The van der Waals surface area contributed by atoms with Gasteiger partial charge < -0.3 is 4.74 Å². The van der Waals surface area contributed by atoms with Crippen LogP contribution >= 0.6 is 0 Å². The van der Waals surface area contributed by atoms with E-state index < -0.39 is 5.41 Å². The smallest absolute Gasteiger partial charge is 0.312 e.